The predicted octanol–water partition coefficient (Wildman–Crippen LogP) is 2.41. The lowest BCUT2D eigenvalue weighted by molar-refractivity contribution is -0.146. The highest BCUT2D eigenvalue weighted by molar-refractivity contribution is 6.39. The van der Waals surface area contributed by atoms with Crippen LogP contribution in [0.1, 0.15) is 59.8 Å². The summed E-state index contributed by atoms with van der Waals surface area (Å²) in [6.07, 6.45) is 3.87. The average molecular weight is 422 g/mol. The summed E-state index contributed by atoms with van der Waals surface area (Å²) in [6.45, 7) is 5.02. The van der Waals surface area contributed by atoms with E-state index in [0.29, 0.717) is 42.5 Å². The van der Waals surface area contributed by atoms with Crippen molar-refractivity contribution in [3.8, 4) is 0 Å². The molecule has 4 N–H and O–H groups in total. The lowest BCUT2D eigenvalue weighted by atomic mass is 9.88. The van der Waals surface area contributed by atoms with Crippen molar-refractivity contribution in [1.82, 2.24) is 15.2 Å². The Hall–Kier alpha value is -3.42. The molecule has 2 aliphatic heterocycles. The quantitative estimate of drug-likeness (QED) is 0.658. The number of hydrogen-bond donors (Lipinski definition) is 3. The van der Waals surface area contributed by atoms with E-state index in [1.165, 1.54) is 6.20 Å². The number of nitrogens with two attached hydrogens (primary N) is 1. The molecular formula is C23H27N5O3. The van der Waals surface area contributed by atoms with Crippen LogP contribution >= 0.6 is 0 Å². The zero-order valence-electron chi connectivity index (χ0n) is 17.8. The van der Waals surface area contributed by atoms with Crippen LogP contribution in [0.4, 0.5) is 11.5 Å². The van der Waals surface area contributed by atoms with Crippen LogP contribution in [0, 0.1) is 5.92 Å². The highest BCUT2D eigenvalue weighted by Crippen LogP contribution is 2.35. The number of amides is 3. The molecule has 1 aromatic carbocycles. The second-order valence-electron chi connectivity index (χ2n) is 8.33. The third-order valence-electron chi connectivity index (χ3n) is 6.11. The molecule has 3 heterocycles. The van der Waals surface area contributed by atoms with Gasteiger partial charge in [-0.2, -0.15) is 0 Å². The Labute approximate surface area is 181 Å². The molecule has 8 nitrogen and oxygen atoms in total. The second kappa shape index (κ2) is 8.37. The van der Waals surface area contributed by atoms with Gasteiger partial charge in [0.25, 0.3) is 5.91 Å². The molecule has 0 bridgehead atoms. The molecule has 2 aliphatic rings. The van der Waals surface area contributed by atoms with Crippen molar-refractivity contribution in [3.63, 3.8) is 0 Å². The maximum Gasteiger partial charge on any atom is 0.313 e. The van der Waals surface area contributed by atoms with Crippen LogP contribution in [0.3, 0.4) is 0 Å². The van der Waals surface area contributed by atoms with Crippen molar-refractivity contribution >= 4 is 29.2 Å². The van der Waals surface area contributed by atoms with E-state index in [-0.39, 0.29) is 11.9 Å². The molecule has 162 valence electrons. The first-order valence-corrected chi connectivity index (χ1v) is 10.6. The zero-order valence-corrected chi connectivity index (χ0v) is 17.8. The lowest BCUT2D eigenvalue weighted by Crippen LogP contribution is -2.46. The van der Waals surface area contributed by atoms with Crippen molar-refractivity contribution in [2.24, 2.45) is 5.92 Å². The van der Waals surface area contributed by atoms with E-state index in [0.717, 1.165) is 29.5 Å². The van der Waals surface area contributed by atoms with Crippen LogP contribution in [0.5, 0.6) is 0 Å². The van der Waals surface area contributed by atoms with Gasteiger partial charge in [0, 0.05) is 18.7 Å². The highest BCUT2D eigenvalue weighted by atomic mass is 16.2. The van der Waals surface area contributed by atoms with Gasteiger partial charge in [-0.3, -0.25) is 14.4 Å². The van der Waals surface area contributed by atoms with Gasteiger partial charge in [0.05, 0.1) is 17.9 Å². The van der Waals surface area contributed by atoms with Gasteiger partial charge in [0.15, 0.2) is 0 Å². The van der Waals surface area contributed by atoms with Gasteiger partial charge in [-0.15, -0.1) is 0 Å². The molecular weight excluding hydrogens is 394 g/mol. The van der Waals surface area contributed by atoms with Crippen molar-refractivity contribution < 1.29 is 14.4 Å². The monoisotopic (exact) mass is 421 g/mol. The first-order chi connectivity index (χ1) is 14.9. The van der Waals surface area contributed by atoms with Gasteiger partial charge in [0.2, 0.25) is 0 Å². The summed E-state index contributed by atoms with van der Waals surface area (Å²) in [5, 5.41) is 5.49. The number of fused-ring (bicyclic) bond motifs is 1. The number of nitrogens with one attached hydrogen (secondary N) is 2. The highest BCUT2D eigenvalue weighted by Gasteiger charge is 2.35. The lowest BCUT2D eigenvalue weighted by Gasteiger charge is -2.38. The fourth-order valence-electron chi connectivity index (χ4n) is 4.37. The molecule has 2 atom stereocenters. The fourth-order valence-corrected chi connectivity index (χ4v) is 4.37. The molecule has 8 heteroatoms. The SMILES string of the molecule is CCc1cc(NC(=O)C(=O)N2C[C@@H](C)CC[C@@H]2c2ccc3c(c2)CNC3=O)cnc1N. The van der Waals surface area contributed by atoms with Crippen molar-refractivity contribution in [3.05, 3.63) is 52.7 Å². The number of piperidine rings is 1. The number of hydrogen-bond acceptors (Lipinski definition) is 5. The minimum Gasteiger partial charge on any atom is -0.383 e. The van der Waals surface area contributed by atoms with Gasteiger partial charge in [-0.25, -0.2) is 4.98 Å². The van der Waals surface area contributed by atoms with Crippen LogP contribution < -0.4 is 16.4 Å². The molecule has 0 spiro atoms. The molecule has 0 radical (unpaired) electrons. The Balaban J connectivity index is 1.55. The smallest absolute Gasteiger partial charge is 0.313 e. The molecule has 4 rings (SSSR count). The summed E-state index contributed by atoms with van der Waals surface area (Å²) in [5.41, 5.74) is 9.65. The van der Waals surface area contributed by atoms with Crippen LogP contribution in [-0.4, -0.2) is 34.2 Å². The first-order valence-electron chi connectivity index (χ1n) is 10.6. The van der Waals surface area contributed by atoms with Gasteiger partial charge >= 0.3 is 11.8 Å². The summed E-state index contributed by atoms with van der Waals surface area (Å²) in [5.74, 6) is -0.613. The molecule has 1 saturated heterocycles. The molecule has 0 unspecified atom stereocenters. The standard InChI is InChI=1S/C23H27N5O3/c1-3-14-9-17(11-25-20(14)24)27-22(30)23(31)28-12-13(2)4-7-19(28)15-5-6-18-16(8-15)10-26-21(18)29/h5-6,8-9,11,13,19H,3-4,7,10,12H2,1-2H3,(H2,24,25)(H,26,29)(H,27,30)/t13-,19+/m0/s1. The van der Waals surface area contributed by atoms with Crippen LogP contribution in [0.25, 0.3) is 0 Å². The van der Waals surface area contributed by atoms with Crippen LogP contribution in [0.2, 0.25) is 0 Å². The summed E-state index contributed by atoms with van der Waals surface area (Å²) < 4.78 is 0. The van der Waals surface area contributed by atoms with E-state index in [4.69, 9.17) is 5.73 Å². The predicted molar refractivity (Wildman–Crippen MR) is 117 cm³/mol. The molecule has 1 aromatic heterocycles. The van der Waals surface area contributed by atoms with Gasteiger partial charge < -0.3 is 21.3 Å². The minimum absolute atomic E-state index is 0.0744. The summed E-state index contributed by atoms with van der Waals surface area (Å²) in [4.78, 5) is 43.5. The Bertz CT molecular complexity index is 1050. The van der Waals surface area contributed by atoms with E-state index in [9.17, 15) is 14.4 Å². The second-order valence-corrected chi connectivity index (χ2v) is 8.33. The van der Waals surface area contributed by atoms with E-state index in [2.05, 4.69) is 22.5 Å². The van der Waals surface area contributed by atoms with Crippen molar-refractivity contribution in [1.29, 1.82) is 0 Å². The minimum atomic E-state index is -0.689. The Morgan fingerprint density at radius 1 is 1.29 bits per heavy atom. The number of anilines is 2. The van der Waals surface area contributed by atoms with E-state index in [1.807, 2.05) is 19.1 Å². The van der Waals surface area contributed by atoms with Gasteiger partial charge in [-0.1, -0.05) is 26.0 Å². The number of nitrogens with zero attached hydrogens (tertiary/aromatic N) is 2. The normalized spacial score (nSPS) is 20.2. The van der Waals surface area contributed by atoms with E-state index in [1.54, 1.807) is 17.0 Å². The van der Waals surface area contributed by atoms with Gasteiger partial charge in [0.1, 0.15) is 5.82 Å². The molecule has 31 heavy (non-hydrogen) atoms. The number of aryl methyl sites for hydroxylation is 1. The number of nitrogen functional groups attached to an aromatic ring is 1. The zero-order chi connectivity index (χ0) is 22.1. The van der Waals surface area contributed by atoms with Crippen molar-refractivity contribution in [2.45, 2.75) is 45.7 Å². The maximum atomic E-state index is 13.1. The summed E-state index contributed by atoms with van der Waals surface area (Å²) in [7, 11) is 0. The van der Waals surface area contributed by atoms with Crippen molar-refractivity contribution in [2.75, 3.05) is 17.6 Å². The molecule has 1 fully saturated rings. The number of aromatic nitrogens is 1. The average Bonchev–Trinajstić information content (AvgIpc) is 3.14. The number of rotatable bonds is 3. The number of benzene rings is 1. The first kappa shape index (κ1) is 20.8. The Morgan fingerprint density at radius 3 is 2.87 bits per heavy atom. The summed E-state index contributed by atoms with van der Waals surface area (Å²) >= 11 is 0. The number of pyridine rings is 1. The number of carbonyl (C=O) groups excluding carboxylic acids is 3. The Kier molecular flexibility index (Phi) is 5.63. The summed E-state index contributed by atoms with van der Waals surface area (Å²) in [6, 6.07) is 7.21. The third-order valence-corrected chi connectivity index (χ3v) is 6.11. The van der Waals surface area contributed by atoms with Gasteiger partial charge in [-0.05, 0) is 54.0 Å². The maximum absolute atomic E-state index is 13.1. The number of likely N-dealkylation sites (tertiary alicyclic amines) is 1. The Morgan fingerprint density at radius 2 is 2.10 bits per heavy atom. The molecule has 0 saturated carbocycles. The molecule has 2 aromatic rings. The van der Waals surface area contributed by atoms with Crippen LogP contribution in [-0.2, 0) is 22.6 Å². The van der Waals surface area contributed by atoms with E-state index < -0.39 is 11.8 Å². The van der Waals surface area contributed by atoms with E-state index >= 15 is 0 Å². The topological polar surface area (TPSA) is 117 Å². The fraction of sp³-hybridized carbons (Fsp3) is 0.391. The molecule has 3 amide bonds. The van der Waals surface area contributed by atoms with Crippen LogP contribution in [0.15, 0.2) is 30.5 Å². The largest absolute Gasteiger partial charge is 0.383 e. The molecule has 0 aliphatic carbocycles. The third kappa shape index (κ3) is 4.10. The number of carbonyl (C=O) groups is 3.